The number of ether oxygens (including phenoxy) is 1. The maximum Gasteiger partial charge on any atom is 0.101 e. The molecule has 0 fully saturated rings. The minimum atomic E-state index is 0.137. The molecule has 1 aliphatic rings. The molecular formula is C11H19NOS. The minimum absolute atomic E-state index is 0.137. The zero-order valence-electron chi connectivity index (χ0n) is 8.92. The van der Waals surface area contributed by atoms with E-state index < -0.39 is 0 Å². The largest absolute Gasteiger partial charge is 0.371 e. The van der Waals surface area contributed by atoms with Crippen molar-refractivity contribution < 1.29 is 4.74 Å². The molecule has 1 aliphatic heterocycles. The number of hydrogen-bond acceptors (Lipinski definition) is 3. The molecule has 1 N–H and O–H groups in total. The van der Waals surface area contributed by atoms with E-state index in [1.54, 1.807) is 0 Å². The van der Waals surface area contributed by atoms with Gasteiger partial charge in [0.1, 0.15) is 6.10 Å². The zero-order valence-corrected chi connectivity index (χ0v) is 9.81. The fourth-order valence-corrected chi connectivity index (χ4v) is 1.88. The highest BCUT2D eigenvalue weighted by Crippen LogP contribution is 2.24. The van der Waals surface area contributed by atoms with Gasteiger partial charge in [-0.15, -0.1) is 12.6 Å². The van der Waals surface area contributed by atoms with Crippen LogP contribution in [0.4, 0.5) is 0 Å². The van der Waals surface area contributed by atoms with E-state index >= 15 is 0 Å². The Hall–Kier alpha value is -0.250. The summed E-state index contributed by atoms with van der Waals surface area (Å²) in [4.78, 5) is 1.08. The first-order valence-electron chi connectivity index (χ1n) is 5.16. The highest BCUT2D eigenvalue weighted by Gasteiger charge is 2.19. The van der Waals surface area contributed by atoms with Crippen LogP contribution in [-0.2, 0) is 4.74 Å². The Morgan fingerprint density at radius 3 is 3.07 bits per heavy atom. The van der Waals surface area contributed by atoms with E-state index in [2.05, 4.69) is 37.0 Å². The van der Waals surface area contributed by atoms with Gasteiger partial charge in [-0.3, -0.25) is 0 Å². The third kappa shape index (κ3) is 3.15. The summed E-state index contributed by atoms with van der Waals surface area (Å²) in [7, 11) is 0. The zero-order chi connectivity index (χ0) is 10.4. The maximum absolute atomic E-state index is 5.64. The van der Waals surface area contributed by atoms with Crippen LogP contribution in [0.15, 0.2) is 22.6 Å². The second kappa shape index (κ2) is 6.27. The van der Waals surface area contributed by atoms with Crippen LogP contribution in [-0.4, -0.2) is 25.8 Å². The summed E-state index contributed by atoms with van der Waals surface area (Å²) in [6.07, 6.45) is 5.30. The summed E-state index contributed by atoms with van der Waals surface area (Å²) in [6.45, 7) is 6.76. The first kappa shape index (κ1) is 11.8. The summed E-state index contributed by atoms with van der Waals surface area (Å²) >= 11 is 4.52. The number of allylic oxidation sites excluding steroid dienone is 2. The molecule has 1 rings (SSSR count). The molecule has 0 spiro atoms. The molecule has 0 amide bonds. The van der Waals surface area contributed by atoms with Gasteiger partial charge in [-0.25, -0.2) is 0 Å². The summed E-state index contributed by atoms with van der Waals surface area (Å²) in [6, 6.07) is 0. The number of likely N-dealkylation sites (N-methyl/N-ethyl adjacent to an activating group) is 1. The molecule has 0 bridgehead atoms. The summed E-state index contributed by atoms with van der Waals surface area (Å²) in [5, 5.41) is 3.28. The minimum Gasteiger partial charge on any atom is -0.371 e. The smallest absolute Gasteiger partial charge is 0.101 e. The summed E-state index contributed by atoms with van der Waals surface area (Å²) in [5.41, 5.74) is 1.31. The Balaban J connectivity index is 2.63. The molecular weight excluding hydrogens is 194 g/mol. The van der Waals surface area contributed by atoms with Crippen LogP contribution in [0.3, 0.4) is 0 Å². The van der Waals surface area contributed by atoms with E-state index in [1.165, 1.54) is 5.57 Å². The normalized spacial score (nSPS) is 23.5. The van der Waals surface area contributed by atoms with Gasteiger partial charge in [0.15, 0.2) is 0 Å². The van der Waals surface area contributed by atoms with Crippen molar-refractivity contribution in [3.8, 4) is 0 Å². The lowest BCUT2D eigenvalue weighted by atomic mass is 10.1. The average molecular weight is 213 g/mol. The van der Waals surface area contributed by atoms with E-state index in [0.717, 1.165) is 31.0 Å². The quantitative estimate of drug-likeness (QED) is 0.698. The van der Waals surface area contributed by atoms with Gasteiger partial charge in [-0.05, 0) is 25.5 Å². The summed E-state index contributed by atoms with van der Waals surface area (Å²) < 4.78 is 5.64. The van der Waals surface area contributed by atoms with E-state index in [4.69, 9.17) is 4.74 Å². The molecule has 80 valence electrons. The Kier molecular flexibility index (Phi) is 5.30. The van der Waals surface area contributed by atoms with Gasteiger partial charge in [0.25, 0.3) is 0 Å². The van der Waals surface area contributed by atoms with Gasteiger partial charge >= 0.3 is 0 Å². The first-order valence-corrected chi connectivity index (χ1v) is 5.61. The molecule has 0 aliphatic carbocycles. The van der Waals surface area contributed by atoms with Crippen LogP contribution >= 0.6 is 12.6 Å². The van der Waals surface area contributed by atoms with Gasteiger partial charge in [-0.2, -0.15) is 0 Å². The van der Waals surface area contributed by atoms with Crippen molar-refractivity contribution in [3.05, 3.63) is 22.6 Å². The van der Waals surface area contributed by atoms with Crippen molar-refractivity contribution in [3.63, 3.8) is 0 Å². The van der Waals surface area contributed by atoms with Crippen molar-refractivity contribution >= 4 is 12.6 Å². The second-order valence-electron chi connectivity index (χ2n) is 3.33. The third-order valence-electron chi connectivity index (χ3n) is 2.27. The second-order valence-corrected chi connectivity index (χ2v) is 3.81. The highest BCUT2D eigenvalue weighted by molar-refractivity contribution is 7.84. The van der Waals surface area contributed by atoms with Crippen molar-refractivity contribution in [2.24, 2.45) is 0 Å². The molecule has 0 saturated heterocycles. The third-order valence-corrected chi connectivity index (χ3v) is 2.85. The van der Waals surface area contributed by atoms with E-state index in [9.17, 15) is 0 Å². The number of thiol groups is 1. The average Bonchev–Trinajstić information content (AvgIpc) is 2.20. The van der Waals surface area contributed by atoms with Gasteiger partial charge in [0, 0.05) is 11.4 Å². The highest BCUT2D eigenvalue weighted by atomic mass is 32.1. The van der Waals surface area contributed by atoms with E-state index in [0.29, 0.717) is 0 Å². The van der Waals surface area contributed by atoms with Crippen molar-refractivity contribution in [2.75, 3.05) is 19.7 Å². The van der Waals surface area contributed by atoms with Crippen LogP contribution in [0, 0.1) is 0 Å². The molecule has 0 radical (unpaired) electrons. The Morgan fingerprint density at radius 2 is 2.43 bits per heavy atom. The molecule has 1 heterocycles. The molecule has 0 aromatic carbocycles. The SMILES string of the molecule is C/C=C\C1=C(S)[C@H](CNCC)OCC1. The number of rotatable bonds is 4. The Labute approximate surface area is 91.8 Å². The number of nitrogens with one attached hydrogen (secondary N) is 1. The number of hydrogen-bond donors (Lipinski definition) is 2. The van der Waals surface area contributed by atoms with E-state index in [-0.39, 0.29) is 6.10 Å². The van der Waals surface area contributed by atoms with Crippen LogP contribution in [0.1, 0.15) is 20.3 Å². The maximum atomic E-state index is 5.64. The lowest BCUT2D eigenvalue weighted by Gasteiger charge is -2.25. The van der Waals surface area contributed by atoms with Gasteiger partial charge in [-0.1, -0.05) is 19.1 Å². The monoisotopic (exact) mass is 213 g/mol. The topological polar surface area (TPSA) is 21.3 Å². The molecule has 2 nitrogen and oxygen atoms in total. The van der Waals surface area contributed by atoms with Gasteiger partial charge < -0.3 is 10.1 Å². The molecule has 0 unspecified atom stereocenters. The predicted octanol–water partition coefficient (Wildman–Crippen LogP) is 2.14. The molecule has 14 heavy (non-hydrogen) atoms. The van der Waals surface area contributed by atoms with Crippen LogP contribution in [0.25, 0.3) is 0 Å². The molecule has 3 heteroatoms. The fourth-order valence-electron chi connectivity index (χ4n) is 1.53. The van der Waals surface area contributed by atoms with Crippen LogP contribution in [0.2, 0.25) is 0 Å². The predicted molar refractivity (Wildman–Crippen MR) is 63.7 cm³/mol. The lowest BCUT2D eigenvalue weighted by molar-refractivity contribution is 0.0752. The van der Waals surface area contributed by atoms with Crippen molar-refractivity contribution in [1.29, 1.82) is 0 Å². The van der Waals surface area contributed by atoms with Crippen molar-refractivity contribution in [2.45, 2.75) is 26.4 Å². The standard InChI is InChI=1S/C11H19NOS/c1-3-5-9-6-7-13-10(11(9)14)8-12-4-2/h3,5,10,12,14H,4,6-8H2,1-2H3/b5-3-/t10-/m0/s1. The van der Waals surface area contributed by atoms with E-state index in [1.807, 2.05) is 6.92 Å². The fraction of sp³-hybridized carbons (Fsp3) is 0.636. The molecule has 0 aromatic heterocycles. The van der Waals surface area contributed by atoms with Gasteiger partial charge in [0.2, 0.25) is 0 Å². The Morgan fingerprint density at radius 1 is 1.64 bits per heavy atom. The summed E-state index contributed by atoms with van der Waals surface area (Å²) in [5.74, 6) is 0. The first-order chi connectivity index (χ1) is 6.79. The lowest BCUT2D eigenvalue weighted by Crippen LogP contribution is -2.32. The molecule has 1 atom stereocenters. The van der Waals surface area contributed by atoms with Crippen molar-refractivity contribution in [1.82, 2.24) is 5.32 Å². The van der Waals surface area contributed by atoms with Crippen LogP contribution < -0.4 is 5.32 Å². The van der Waals surface area contributed by atoms with Crippen LogP contribution in [0.5, 0.6) is 0 Å². The molecule has 0 aromatic rings. The molecule has 0 saturated carbocycles. The Bertz CT molecular complexity index is 235. The van der Waals surface area contributed by atoms with Gasteiger partial charge in [0.05, 0.1) is 6.61 Å².